The lowest BCUT2D eigenvalue weighted by Gasteiger charge is -2.28. The second-order valence-electron chi connectivity index (χ2n) is 6.81. The minimum absolute atomic E-state index is 0.238. The summed E-state index contributed by atoms with van der Waals surface area (Å²) in [6, 6.07) is 7.99. The molecular weight excluding hydrogens is 374 g/mol. The number of hydrogen-bond donors (Lipinski definition) is 2. The normalized spacial score (nSPS) is 14.0. The molecule has 0 saturated carbocycles. The van der Waals surface area contributed by atoms with Gasteiger partial charge in [-0.3, -0.25) is 9.48 Å². The Balaban J connectivity index is 1.73. The number of hydrogen-bond acceptors (Lipinski definition) is 5. The largest absolute Gasteiger partial charge is 0.464 e. The molecule has 29 heavy (non-hydrogen) atoms. The van der Waals surface area contributed by atoms with E-state index in [0.717, 1.165) is 5.69 Å². The topological polar surface area (TPSA) is 106 Å². The molecule has 154 valence electrons. The number of amides is 3. The van der Waals surface area contributed by atoms with Gasteiger partial charge in [-0.05, 0) is 26.0 Å². The molecule has 1 aromatic carbocycles. The van der Waals surface area contributed by atoms with Crippen LogP contribution in [0.1, 0.15) is 35.6 Å². The van der Waals surface area contributed by atoms with Gasteiger partial charge in [-0.25, -0.2) is 9.59 Å². The number of carbonyl (C=O) groups is 3. The minimum Gasteiger partial charge on any atom is -0.464 e. The highest BCUT2D eigenvalue weighted by Gasteiger charge is 2.30. The van der Waals surface area contributed by atoms with Gasteiger partial charge in [0.1, 0.15) is 6.04 Å². The Morgan fingerprint density at radius 2 is 1.97 bits per heavy atom. The third-order valence-electron chi connectivity index (χ3n) is 4.76. The highest BCUT2D eigenvalue weighted by Crippen LogP contribution is 2.23. The maximum atomic E-state index is 12.7. The molecule has 1 unspecified atom stereocenters. The number of rotatable bonds is 5. The number of nitrogens with zero attached hydrogens (tertiary/aromatic N) is 3. The van der Waals surface area contributed by atoms with E-state index in [4.69, 9.17) is 4.74 Å². The first-order valence-corrected chi connectivity index (χ1v) is 9.54. The van der Waals surface area contributed by atoms with Crippen molar-refractivity contribution in [2.24, 2.45) is 7.05 Å². The Bertz CT molecular complexity index is 909. The molecule has 9 nitrogen and oxygen atoms in total. The van der Waals surface area contributed by atoms with Crippen LogP contribution in [0.3, 0.4) is 0 Å². The van der Waals surface area contributed by atoms with Crippen LogP contribution < -0.4 is 10.6 Å². The summed E-state index contributed by atoms with van der Waals surface area (Å²) in [5, 5.41) is 9.84. The molecule has 0 radical (unpaired) electrons. The highest BCUT2D eigenvalue weighted by molar-refractivity contribution is 6.04. The van der Waals surface area contributed by atoms with Gasteiger partial charge < -0.3 is 20.3 Å². The summed E-state index contributed by atoms with van der Waals surface area (Å²) in [7, 11) is 1.79. The van der Waals surface area contributed by atoms with Crippen molar-refractivity contribution in [3.8, 4) is 0 Å². The Morgan fingerprint density at radius 3 is 2.66 bits per heavy atom. The van der Waals surface area contributed by atoms with Crippen LogP contribution in [0.2, 0.25) is 0 Å². The number of esters is 1. The number of urea groups is 1. The van der Waals surface area contributed by atoms with Gasteiger partial charge in [0.05, 0.1) is 13.2 Å². The monoisotopic (exact) mass is 399 g/mol. The van der Waals surface area contributed by atoms with Gasteiger partial charge in [0.15, 0.2) is 5.69 Å². The van der Waals surface area contributed by atoms with Gasteiger partial charge in [-0.2, -0.15) is 5.10 Å². The molecule has 1 aliphatic rings. The first-order chi connectivity index (χ1) is 13.9. The molecule has 0 fully saturated rings. The number of aromatic nitrogens is 2. The van der Waals surface area contributed by atoms with E-state index in [1.54, 1.807) is 42.6 Å². The van der Waals surface area contributed by atoms with Crippen molar-refractivity contribution < 1.29 is 19.1 Å². The van der Waals surface area contributed by atoms with Crippen molar-refractivity contribution in [3.63, 3.8) is 0 Å². The van der Waals surface area contributed by atoms with E-state index in [2.05, 4.69) is 15.7 Å². The molecule has 1 atom stereocenters. The first kappa shape index (κ1) is 20.4. The zero-order valence-electron chi connectivity index (χ0n) is 16.8. The van der Waals surface area contributed by atoms with Gasteiger partial charge in [0.25, 0.3) is 5.91 Å². The molecule has 0 saturated heterocycles. The summed E-state index contributed by atoms with van der Waals surface area (Å²) in [6.45, 7) is 4.24. The van der Waals surface area contributed by atoms with Crippen molar-refractivity contribution in [2.45, 2.75) is 32.9 Å². The number of nitrogens with one attached hydrogen (secondary N) is 2. The van der Waals surface area contributed by atoms with Crippen LogP contribution in [-0.2, 0) is 29.5 Å². The lowest BCUT2D eigenvalue weighted by Crippen LogP contribution is -2.48. The molecule has 3 rings (SSSR count). The highest BCUT2D eigenvalue weighted by atomic mass is 16.5. The molecule has 1 aromatic heterocycles. The number of benzene rings is 1. The molecule has 2 heterocycles. The molecule has 2 aromatic rings. The predicted molar refractivity (Wildman–Crippen MR) is 106 cm³/mol. The molecule has 0 aliphatic carbocycles. The summed E-state index contributed by atoms with van der Waals surface area (Å²) < 4.78 is 6.61. The summed E-state index contributed by atoms with van der Waals surface area (Å²) >= 11 is 0. The number of para-hydroxylation sites is 1. The third-order valence-corrected chi connectivity index (χ3v) is 4.76. The van der Waals surface area contributed by atoms with E-state index in [1.165, 1.54) is 0 Å². The van der Waals surface area contributed by atoms with Gasteiger partial charge in [0, 0.05) is 37.0 Å². The van der Waals surface area contributed by atoms with E-state index < -0.39 is 12.0 Å². The quantitative estimate of drug-likeness (QED) is 0.745. The lowest BCUT2D eigenvalue weighted by molar-refractivity contribution is -0.144. The number of aryl methyl sites for hydroxylation is 1. The van der Waals surface area contributed by atoms with E-state index in [-0.39, 0.29) is 25.1 Å². The maximum Gasteiger partial charge on any atom is 0.328 e. The third kappa shape index (κ3) is 4.56. The fraction of sp³-hybridized carbons (Fsp3) is 0.400. The van der Waals surface area contributed by atoms with Crippen molar-refractivity contribution in [1.29, 1.82) is 0 Å². The van der Waals surface area contributed by atoms with E-state index >= 15 is 0 Å². The maximum absolute atomic E-state index is 12.7. The summed E-state index contributed by atoms with van der Waals surface area (Å²) in [4.78, 5) is 38.7. The van der Waals surface area contributed by atoms with Crippen molar-refractivity contribution in [1.82, 2.24) is 20.0 Å². The SMILES string of the molecule is CCOC(=O)C(C)NC(=O)N1CCc2c(c(C(=O)Nc3ccccc3)nn2C)C1. The molecule has 0 spiro atoms. The van der Waals surface area contributed by atoms with E-state index in [0.29, 0.717) is 29.9 Å². The van der Waals surface area contributed by atoms with Crippen molar-refractivity contribution in [2.75, 3.05) is 18.5 Å². The summed E-state index contributed by atoms with van der Waals surface area (Å²) in [5.74, 6) is -0.807. The average Bonchev–Trinajstić information content (AvgIpc) is 3.05. The standard InChI is InChI=1S/C20H25N5O4/c1-4-29-19(27)13(2)21-20(28)25-11-10-16-15(12-25)17(23-24(16)3)18(26)22-14-8-6-5-7-9-14/h5-9,13H,4,10-12H2,1-3H3,(H,21,28)(H,22,26). The van der Waals surface area contributed by atoms with Crippen molar-refractivity contribution >= 4 is 23.6 Å². The number of carbonyl (C=O) groups excluding carboxylic acids is 3. The Labute approximate surface area is 169 Å². The molecule has 3 amide bonds. The molecular formula is C20H25N5O4. The van der Waals surface area contributed by atoms with Crippen LogP contribution in [0.15, 0.2) is 30.3 Å². The molecule has 9 heteroatoms. The van der Waals surface area contributed by atoms with Gasteiger partial charge in [-0.1, -0.05) is 18.2 Å². The average molecular weight is 399 g/mol. The number of ether oxygens (including phenoxy) is 1. The van der Waals surface area contributed by atoms with Crippen LogP contribution in [0, 0.1) is 0 Å². The Hall–Kier alpha value is -3.36. The van der Waals surface area contributed by atoms with Gasteiger partial charge in [-0.15, -0.1) is 0 Å². The summed E-state index contributed by atoms with van der Waals surface area (Å²) in [5.41, 5.74) is 2.60. The lowest BCUT2D eigenvalue weighted by atomic mass is 10.0. The minimum atomic E-state index is -0.751. The predicted octanol–water partition coefficient (Wildman–Crippen LogP) is 1.69. The smallest absolute Gasteiger partial charge is 0.328 e. The fourth-order valence-electron chi connectivity index (χ4n) is 3.26. The zero-order chi connectivity index (χ0) is 21.0. The zero-order valence-corrected chi connectivity index (χ0v) is 16.8. The van der Waals surface area contributed by atoms with Gasteiger partial charge in [0.2, 0.25) is 0 Å². The molecule has 2 N–H and O–H groups in total. The van der Waals surface area contributed by atoms with Crippen LogP contribution in [0.25, 0.3) is 0 Å². The van der Waals surface area contributed by atoms with Crippen LogP contribution >= 0.6 is 0 Å². The van der Waals surface area contributed by atoms with Crippen LogP contribution in [0.5, 0.6) is 0 Å². The number of anilines is 1. The Morgan fingerprint density at radius 1 is 1.24 bits per heavy atom. The van der Waals surface area contributed by atoms with E-state index in [1.807, 2.05) is 18.2 Å². The second-order valence-corrected chi connectivity index (χ2v) is 6.81. The van der Waals surface area contributed by atoms with Crippen molar-refractivity contribution in [3.05, 3.63) is 47.3 Å². The Kier molecular flexibility index (Phi) is 6.16. The first-order valence-electron chi connectivity index (χ1n) is 9.54. The fourth-order valence-corrected chi connectivity index (χ4v) is 3.26. The van der Waals surface area contributed by atoms with Crippen LogP contribution in [0.4, 0.5) is 10.5 Å². The second kappa shape index (κ2) is 8.76. The molecule has 1 aliphatic heterocycles. The molecule has 0 bridgehead atoms. The summed E-state index contributed by atoms with van der Waals surface area (Å²) in [6.07, 6.45) is 0.568. The van der Waals surface area contributed by atoms with E-state index in [9.17, 15) is 14.4 Å². The number of fused-ring (bicyclic) bond motifs is 1. The van der Waals surface area contributed by atoms with Gasteiger partial charge >= 0.3 is 12.0 Å². The van der Waals surface area contributed by atoms with Crippen LogP contribution in [-0.4, -0.2) is 51.8 Å².